The zero-order chi connectivity index (χ0) is 17.5. The molecule has 1 unspecified atom stereocenters. The molecular weight excluding hydrogens is 326 g/mol. The minimum atomic E-state index is -0.333. The second kappa shape index (κ2) is 8.14. The van der Waals surface area contributed by atoms with Gasteiger partial charge in [-0.1, -0.05) is 29.8 Å². The summed E-state index contributed by atoms with van der Waals surface area (Å²) >= 11 is 5.85. The number of carbonyl (C=O) groups is 2. The molecule has 0 spiro atoms. The number of anilines is 1. The molecule has 2 rings (SSSR count). The topological polar surface area (TPSA) is 82.0 Å². The first-order valence-electron chi connectivity index (χ1n) is 7.35. The molecule has 0 heterocycles. The molecule has 0 saturated heterocycles. The zero-order valence-corrected chi connectivity index (χ0v) is 13.8. The molecule has 0 aliphatic carbocycles. The van der Waals surface area contributed by atoms with Crippen molar-refractivity contribution in [3.05, 3.63) is 64.7 Å². The van der Waals surface area contributed by atoms with Crippen LogP contribution in [0.1, 0.15) is 29.3 Å². The van der Waals surface area contributed by atoms with Crippen LogP contribution in [0.2, 0.25) is 5.02 Å². The summed E-state index contributed by atoms with van der Waals surface area (Å²) in [7, 11) is 0. The highest BCUT2D eigenvalue weighted by Crippen LogP contribution is 2.19. The SMILES string of the molecule is CC(CC(=O)Nc1ccc(Cl)c(C#N)c1)NC(=O)c1ccccc1. The summed E-state index contributed by atoms with van der Waals surface area (Å²) in [6.07, 6.45) is 0.114. The molecule has 0 radical (unpaired) electrons. The van der Waals surface area contributed by atoms with E-state index < -0.39 is 0 Å². The van der Waals surface area contributed by atoms with E-state index in [9.17, 15) is 9.59 Å². The molecule has 2 N–H and O–H groups in total. The van der Waals surface area contributed by atoms with E-state index in [1.807, 2.05) is 12.1 Å². The standard InChI is InChI=1S/C18H16ClN3O2/c1-12(21-18(24)13-5-3-2-4-6-13)9-17(23)22-15-7-8-16(19)14(10-15)11-20/h2-8,10,12H,9H2,1H3,(H,21,24)(H,22,23). The summed E-state index contributed by atoms with van der Waals surface area (Å²) in [6.45, 7) is 1.75. The molecule has 122 valence electrons. The molecule has 2 amide bonds. The Balaban J connectivity index is 1.90. The molecular formula is C18H16ClN3O2. The molecule has 2 aromatic carbocycles. The van der Waals surface area contributed by atoms with Crippen molar-refractivity contribution >= 4 is 29.1 Å². The van der Waals surface area contributed by atoms with Gasteiger partial charge in [0.25, 0.3) is 5.91 Å². The Kier molecular flexibility index (Phi) is 5.94. The van der Waals surface area contributed by atoms with Gasteiger partial charge in [-0.2, -0.15) is 5.26 Å². The van der Waals surface area contributed by atoms with E-state index in [1.165, 1.54) is 6.07 Å². The Bertz CT molecular complexity index is 785. The van der Waals surface area contributed by atoms with Gasteiger partial charge in [0.15, 0.2) is 0 Å². The van der Waals surface area contributed by atoms with Crippen molar-refractivity contribution < 1.29 is 9.59 Å². The van der Waals surface area contributed by atoms with Crippen molar-refractivity contribution in [2.24, 2.45) is 0 Å². The van der Waals surface area contributed by atoms with E-state index >= 15 is 0 Å². The van der Waals surface area contributed by atoms with E-state index in [0.29, 0.717) is 21.8 Å². The Hall–Kier alpha value is -2.84. The number of nitrogens with zero attached hydrogens (tertiary/aromatic N) is 1. The molecule has 0 aliphatic heterocycles. The van der Waals surface area contributed by atoms with Gasteiger partial charge in [-0.3, -0.25) is 9.59 Å². The fourth-order valence-electron chi connectivity index (χ4n) is 2.13. The minimum Gasteiger partial charge on any atom is -0.349 e. The summed E-state index contributed by atoms with van der Waals surface area (Å²) < 4.78 is 0. The maximum absolute atomic E-state index is 12.0. The van der Waals surface area contributed by atoms with Crippen LogP contribution in [0.3, 0.4) is 0 Å². The largest absolute Gasteiger partial charge is 0.349 e. The number of nitriles is 1. The maximum Gasteiger partial charge on any atom is 0.251 e. The molecule has 5 nitrogen and oxygen atoms in total. The highest BCUT2D eigenvalue weighted by Gasteiger charge is 2.13. The van der Waals surface area contributed by atoms with Crippen molar-refractivity contribution in [3.8, 4) is 6.07 Å². The number of halogens is 1. The number of rotatable bonds is 5. The van der Waals surface area contributed by atoms with Gasteiger partial charge in [-0.05, 0) is 37.3 Å². The van der Waals surface area contributed by atoms with Gasteiger partial charge in [0.2, 0.25) is 5.91 Å². The lowest BCUT2D eigenvalue weighted by Gasteiger charge is -2.14. The van der Waals surface area contributed by atoms with Crippen LogP contribution in [0.15, 0.2) is 48.5 Å². The summed E-state index contributed by atoms with van der Waals surface area (Å²) in [6, 6.07) is 15.1. The van der Waals surface area contributed by atoms with Gasteiger partial charge in [0, 0.05) is 23.7 Å². The van der Waals surface area contributed by atoms with Gasteiger partial charge in [0.1, 0.15) is 6.07 Å². The Morgan fingerprint density at radius 2 is 1.92 bits per heavy atom. The third kappa shape index (κ3) is 4.83. The summed E-state index contributed by atoms with van der Waals surface area (Å²) in [4.78, 5) is 24.1. The number of nitrogens with one attached hydrogen (secondary N) is 2. The van der Waals surface area contributed by atoms with Crippen molar-refractivity contribution in [3.63, 3.8) is 0 Å². The van der Waals surface area contributed by atoms with Crippen molar-refractivity contribution in [2.45, 2.75) is 19.4 Å². The molecule has 24 heavy (non-hydrogen) atoms. The van der Waals surface area contributed by atoms with Crippen molar-refractivity contribution in [1.82, 2.24) is 5.32 Å². The quantitative estimate of drug-likeness (QED) is 0.874. The fourth-order valence-corrected chi connectivity index (χ4v) is 2.29. The minimum absolute atomic E-state index is 0.114. The van der Waals surface area contributed by atoms with Crippen LogP contribution in [0.5, 0.6) is 0 Å². The Labute approximate surface area is 145 Å². The number of hydrogen-bond donors (Lipinski definition) is 2. The van der Waals surface area contributed by atoms with Crippen molar-refractivity contribution in [1.29, 1.82) is 5.26 Å². The first kappa shape index (κ1) is 17.5. The average Bonchev–Trinajstić information content (AvgIpc) is 2.57. The molecule has 2 aromatic rings. The van der Waals surface area contributed by atoms with Crippen LogP contribution < -0.4 is 10.6 Å². The lowest BCUT2D eigenvalue weighted by Crippen LogP contribution is -2.35. The lowest BCUT2D eigenvalue weighted by molar-refractivity contribution is -0.116. The lowest BCUT2D eigenvalue weighted by atomic mass is 10.1. The first-order valence-corrected chi connectivity index (χ1v) is 7.73. The van der Waals surface area contributed by atoms with Gasteiger partial charge < -0.3 is 10.6 Å². The summed E-state index contributed by atoms with van der Waals surface area (Å²) in [5.74, 6) is -0.490. The maximum atomic E-state index is 12.0. The molecule has 0 aliphatic rings. The molecule has 0 aromatic heterocycles. The number of hydrogen-bond acceptors (Lipinski definition) is 3. The van der Waals surface area contributed by atoms with Crippen LogP contribution in [0.4, 0.5) is 5.69 Å². The molecule has 6 heteroatoms. The predicted octanol–water partition coefficient (Wildman–Crippen LogP) is 3.36. The predicted molar refractivity (Wildman–Crippen MR) is 92.8 cm³/mol. The van der Waals surface area contributed by atoms with E-state index in [0.717, 1.165) is 0 Å². The van der Waals surface area contributed by atoms with Gasteiger partial charge in [0.05, 0.1) is 10.6 Å². The third-order valence-electron chi connectivity index (χ3n) is 3.28. The van der Waals surface area contributed by atoms with Gasteiger partial charge in [-0.25, -0.2) is 0 Å². The summed E-state index contributed by atoms with van der Waals surface area (Å²) in [5, 5.41) is 14.7. The molecule has 0 bridgehead atoms. The Morgan fingerprint density at radius 3 is 2.58 bits per heavy atom. The molecule has 0 saturated carbocycles. The zero-order valence-electron chi connectivity index (χ0n) is 13.0. The van der Waals surface area contributed by atoms with Crippen LogP contribution in [0.25, 0.3) is 0 Å². The molecule has 0 fully saturated rings. The smallest absolute Gasteiger partial charge is 0.251 e. The molecule has 1 atom stereocenters. The van der Waals surface area contributed by atoms with Crippen LogP contribution >= 0.6 is 11.6 Å². The second-order valence-electron chi connectivity index (χ2n) is 5.30. The van der Waals surface area contributed by atoms with Gasteiger partial charge in [-0.15, -0.1) is 0 Å². The third-order valence-corrected chi connectivity index (χ3v) is 3.61. The number of amides is 2. The van der Waals surface area contributed by atoms with Crippen LogP contribution in [-0.2, 0) is 4.79 Å². The number of carbonyl (C=O) groups excluding carboxylic acids is 2. The normalized spacial score (nSPS) is 11.2. The second-order valence-corrected chi connectivity index (χ2v) is 5.71. The van der Waals surface area contributed by atoms with Gasteiger partial charge >= 0.3 is 0 Å². The van der Waals surface area contributed by atoms with E-state index in [-0.39, 0.29) is 24.3 Å². The number of benzene rings is 2. The van der Waals surface area contributed by atoms with Crippen molar-refractivity contribution in [2.75, 3.05) is 5.32 Å². The highest BCUT2D eigenvalue weighted by atomic mass is 35.5. The van der Waals surface area contributed by atoms with E-state index in [4.69, 9.17) is 16.9 Å². The average molecular weight is 342 g/mol. The van der Waals surface area contributed by atoms with E-state index in [2.05, 4.69) is 10.6 Å². The van der Waals surface area contributed by atoms with Crippen LogP contribution in [-0.4, -0.2) is 17.9 Å². The van der Waals surface area contributed by atoms with Crippen LogP contribution in [0, 0.1) is 11.3 Å². The summed E-state index contributed by atoms with van der Waals surface area (Å²) in [5.41, 5.74) is 1.32. The Morgan fingerprint density at radius 1 is 1.21 bits per heavy atom. The highest BCUT2D eigenvalue weighted by molar-refractivity contribution is 6.31. The van der Waals surface area contributed by atoms with E-state index in [1.54, 1.807) is 43.3 Å². The first-order chi connectivity index (χ1) is 11.5. The monoisotopic (exact) mass is 341 g/mol. The fraction of sp³-hybridized carbons (Fsp3) is 0.167.